The van der Waals surface area contributed by atoms with E-state index in [0.29, 0.717) is 10.9 Å². The van der Waals surface area contributed by atoms with E-state index in [4.69, 9.17) is 0 Å². The normalized spacial score (nSPS) is 9.55. The number of aromatic nitrogens is 1. The number of pyridine rings is 1. The molecule has 0 unspecified atom stereocenters. The highest BCUT2D eigenvalue weighted by molar-refractivity contribution is 9.08. The maximum atomic E-state index is 10.3. The fourth-order valence-electron chi connectivity index (χ4n) is 0.701. The van der Waals surface area contributed by atoms with Crippen LogP contribution >= 0.6 is 15.9 Å². The second-order valence-corrected chi connectivity index (χ2v) is 2.46. The van der Waals surface area contributed by atoms with Crippen molar-refractivity contribution in [3.63, 3.8) is 0 Å². The van der Waals surface area contributed by atoms with Crippen molar-refractivity contribution in [2.75, 3.05) is 0 Å². The van der Waals surface area contributed by atoms with Crippen LogP contribution in [0.5, 0.6) is 0 Å². The molecule has 0 aromatic carbocycles. The Hall–Kier alpha value is -0.970. The van der Waals surface area contributed by atoms with Crippen LogP contribution in [0.15, 0.2) is 18.5 Å². The summed E-state index contributed by atoms with van der Waals surface area (Å²) in [5, 5.41) is 10.8. The third-order valence-corrected chi connectivity index (χ3v) is 1.82. The molecule has 0 aliphatic heterocycles. The molecular weight excluding hydrogens is 212 g/mol. The van der Waals surface area contributed by atoms with Gasteiger partial charge in [-0.25, -0.2) is 0 Å². The van der Waals surface area contributed by atoms with E-state index in [2.05, 4.69) is 20.9 Å². The largest absolute Gasteiger partial charge is 0.276 e. The minimum atomic E-state index is -0.418. The van der Waals surface area contributed by atoms with Crippen LogP contribution in [-0.2, 0) is 5.33 Å². The lowest BCUT2D eigenvalue weighted by atomic mass is 10.3. The van der Waals surface area contributed by atoms with Gasteiger partial charge >= 0.3 is 0 Å². The Balaban J connectivity index is 3.12. The van der Waals surface area contributed by atoms with Crippen molar-refractivity contribution in [2.45, 2.75) is 5.33 Å². The summed E-state index contributed by atoms with van der Waals surface area (Å²) < 4.78 is 0. The van der Waals surface area contributed by atoms with Gasteiger partial charge in [0.25, 0.3) is 5.69 Å². The molecule has 0 spiro atoms. The standard InChI is InChI=1S/C6H5BrN2O2/c7-3-5-4-8-2-1-6(5)9(10)11/h1-2,4H,3H2. The highest BCUT2D eigenvalue weighted by Gasteiger charge is 2.10. The maximum Gasteiger partial charge on any atom is 0.276 e. The van der Waals surface area contributed by atoms with Crippen LogP contribution in [0.3, 0.4) is 0 Å². The lowest BCUT2D eigenvalue weighted by molar-refractivity contribution is -0.385. The van der Waals surface area contributed by atoms with E-state index in [1.54, 1.807) is 0 Å². The first-order valence-electron chi connectivity index (χ1n) is 2.89. The molecule has 0 saturated heterocycles. The second-order valence-electron chi connectivity index (χ2n) is 1.90. The van der Waals surface area contributed by atoms with Crippen LogP contribution in [0.2, 0.25) is 0 Å². The van der Waals surface area contributed by atoms with E-state index in [9.17, 15) is 10.1 Å². The molecule has 1 heterocycles. The highest BCUT2D eigenvalue weighted by atomic mass is 79.9. The van der Waals surface area contributed by atoms with E-state index >= 15 is 0 Å². The van der Waals surface area contributed by atoms with Crippen molar-refractivity contribution in [1.29, 1.82) is 0 Å². The molecule has 0 radical (unpaired) electrons. The van der Waals surface area contributed by atoms with Crippen molar-refractivity contribution in [1.82, 2.24) is 4.98 Å². The van der Waals surface area contributed by atoms with Gasteiger partial charge in [-0.1, -0.05) is 15.9 Å². The van der Waals surface area contributed by atoms with E-state index in [0.717, 1.165) is 0 Å². The molecular formula is C6H5BrN2O2. The summed E-state index contributed by atoms with van der Waals surface area (Å²) in [4.78, 5) is 13.7. The maximum absolute atomic E-state index is 10.3. The first kappa shape index (κ1) is 8.13. The summed E-state index contributed by atoms with van der Waals surface area (Å²) in [7, 11) is 0. The molecule has 0 N–H and O–H groups in total. The van der Waals surface area contributed by atoms with E-state index in [-0.39, 0.29) is 5.69 Å². The van der Waals surface area contributed by atoms with Crippen molar-refractivity contribution >= 4 is 21.6 Å². The third-order valence-electron chi connectivity index (χ3n) is 1.22. The predicted molar refractivity (Wildman–Crippen MR) is 43.5 cm³/mol. The lowest BCUT2D eigenvalue weighted by Crippen LogP contribution is -1.93. The van der Waals surface area contributed by atoms with Crippen molar-refractivity contribution in [3.05, 3.63) is 34.1 Å². The molecule has 5 heteroatoms. The zero-order valence-electron chi connectivity index (χ0n) is 5.53. The van der Waals surface area contributed by atoms with Crippen LogP contribution in [0.4, 0.5) is 5.69 Å². The molecule has 0 aliphatic rings. The molecule has 58 valence electrons. The molecule has 1 aromatic heterocycles. The Kier molecular flexibility index (Phi) is 2.53. The van der Waals surface area contributed by atoms with Gasteiger partial charge in [0.2, 0.25) is 0 Å². The van der Waals surface area contributed by atoms with Gasteiger partial charge in [-0.2, -0.15) is 0 Å². The number of rotatable bonds is 2. The molecule has 0 bridgehead atoms. The molecule has 11 heavy (non-hydrogen) atoms. The number of hydrogen-bond donors (Lipinski definition) is 0. The summed E-state index contributed by atoms with van der Waals surface area (Å²) in [5.74, 6) is 0. The molecule has 4 nitrogen and oxygen atoms in total. The van der Waals surface area contributed by atoms with Gasteiger partial charge in [0.05, 0.1) is 10.5 Å². The van der Waals surface area contributed by atoms with Crippen molar-refractivity contribution in [2.24, 2.45) is 0 Å². The summed E-state index contributed by atoms with van der Waals surface area (Å²) >= 11 is 3.13. The Morgan fingerprint density at radius 1 is 1.73 bits per heavy atom. The van der Waals surface area contributed by atoms with Crippen LogP contribution < -0.4 is 0 Å². The highest BCUT2D eigenvalue weighted by Crippen LogP contribution is 2.18. The average molecular weight is 217 g/mol. The van der Waals surface area contributed by atoms with E-state index in [1.807, 2.05) is 0 Å². The van der Waals surface area contributed by atoms with Crippen LogP contribution in [0.25, 0.3) is 0 Å². The minimum absolute atomic E-state index is 0.108. The molecule has 1 aromatic rings. The third kappa shape index (κ3) is 1.74. The first-order chi connectivity index (χ1) is 5.25. The second kappa shape index (κ2) is 3.43. The number of nitrogens with zero attached hydrogens (tertiary/aromatic N) is 2. The summed E-state index contributed by atoms with van der Waals surface area (Å²) in [6.45, 7) is 0. The minimum Gasteiger partial charge on any atom is -0.264 e. The van der Waals surface area contributed by atoms with Gasteiger partial charge in [0.15, 0.2) is 0 Å². The SMILES string of the molecule is O=[N+]([O-])c1ccncc1CBr. The average Bonchev–Trinajstić information content (AvgIpc) is 2.04. The van der Waals surface area contributed by atoms with Gasteiger partial charge in [-0.15, -0.1) is 0 Å². The van der Waals surface area contributed by atoms with Gasteiger partial charge < -0.3 is 0 Å². The van der Waals surface area contributed by atoms with Gasteiger partial charge in [-0.05, 0) is 0 Å². The number of nitro groups is 1. The zero-order valence-corrected chi connectivity index (χ0v) is 7.11. The first-order valence-corrected chi connectivity index (χ1v) is 4.01. The molecule has 0 amide bonds. The zero-order chi connectivity index (χ0) is 8.27. The fraction of sp³-hybridized carbons (Fsp3) is 0.167. The number of alkyl halides is 1. The molecule has 0 fully saturated rings. The Labute approximate surface area is 71.5 Å². The topological polar surface area (TPSA) is 56.0 Å². The summed E-state index contributed by atoms with van der Waals surface area (Å²) in [5.41, 5.74) is 0.703. The number of hydrogen-bond acceptors (Lipinski definition) is 3. The Bertz CT molecular complexity index is 277. The quantitative estimate of drug-likeness (QED) is 0.431. The summed E-state index contributed by atoms with van der Waals surface area (Å²) in [6.07, 6.45) is 2.89. The number of halogens is 1. The molecule has 0 saturated carbocycles. The molecule has 0 aliphatic carbocycles. The van der Waals surface area contributed by atoms with Gasteiger partial charge in [-0.3, -0.25) is 15.1 Å². The van der Waals surface area contributed by atoms with Crippen LogP contribution in [0, 0.1) is 10.1 Å². The van der Waals surface area contributed by atoms with Crippen molar-refractivity contribution in [3.8, 4) is 0 Å². The predicted octanol–water partition coefficient (Wildman–Crippen LogP) is 1.88. The molecule has 0 atom stereocenters. The lowest BCUT2D eigenvalue weighted by Gasteiger charge is -1.95. The summed E-state index contributed by atoms with van der Waals surface area (Å²) in [6, 6.07) is 1.39. The van der Waals surface area contributed by atoms with E-state index in [1.165, 1.54) is 18.5 Å². The Morgan fingerprint density at radius 2 is 2.45 bits per heavy atom. The smallest absolute Gasteiger partial charge is 0.264 e. The van der Waals surface area contributed by atoms with E-state index < -0.39 is 4.92 Å². The fourth-order valence-corrected chi connectivity index (χ4v) is 1.13. The van der Waals surface area contributed by atoms with Gasteiger partial charge in [0, 0.05) is 23.8 Å². The van der Waals surface area contributed by atoms with Gasteiger partial charge in [0.1, 0.15) is 0 Å². The molecule has 1 rings (SSSR count). The Morgan fingerprint density at radius 3 is 2.91 bits per heavy atom. The van der Waals surface area contributed by atoms with Crippen LogP contribution in [0.1, 0.15) is 5.56 Å². The van der Waals surface area contributed by atoms with Crippen LogP contribution in [-0.4, -0.2) is 9.91 Å². The van der Waals surface area contributed by atoms with Crippen molar-refractivity contribution < 1.29 is 4.92 Å². The monoisotopic (exact) mass is 216 g/mol.